The molecule has 2 rings (SSSR count). The van der Waals surface area contributed by atoms with Gasteiger partial charge in [0.2, 0.25) is 5.91 Å². The van der Waals surface area contributed by atoms with E-state index in [0.717, 1.165) is 19.4 Å². The van der Waals surface area contributed by atoms with Crippen molar-refractivity contribution in [3.8, 4) is 0 Å². The number of amides is 1. The van der Waals surface area contributed by atoms with Gasteiger partial charge in [0.05, 0.1) is 5.54 Å². The Hall–Kier alpha value is -0.570. The maximum Gasteiger partial charge on any atom is 0.228 e. The number of carbonyl (C=O) groups excluding carboxylic acids is 1. The van der Waals surface area contributed by atoms with Crippen LogP contribution >= 0.6 is 0 Å². The second-order valence-electron chi connectivity index (χ2n) is 6.04. The Morgan fingerprint density at radius 2 is 2.13 bits per heavy atom. The first kappa shape index (κ1) is 10.9. The summed E-state index contributed by atoms with van der Waals surface area (Å²) in [5.74, 6) is 0.948. The van der Waals surface area contributed by atoms with Crippen molar-refractivity contribution in [2.45, 2.75) is 45.6 Å². The summed E-state index contributed by atoms with van der Waals surface area (Å²) in [6.45, 7) is 7.53. The van der Waals surface area contributed by atoms with E-state index >= 15 is 0 Å². The standard InChI is InChI=1S/C12H22N2O/c1-11(2,3)10(15)14-7-5-9-4-6-12(9,14)8-13/h9H,4-8,13H2,1-3H3. The van der Waals surface area contributed by atoms with Crippen LogP contribution < -0.4 is 5.73 Å². The van der Waals surface area contributed by atoms with Gasteiger partial charge in [-0.2, -0.15) is 0 Å². The fourth-order valence-electron chi connectivity index (χ4n) is 3.05. The fourth-order valence-corrected chi connectivity index (χ4v) is 3.05. The van der Waals surface area contributed by atoms with Crippen LogP contribution in [0.3, 0.4) is 0 Å². The Morgan fingerprint density at radius 3 is 2.53 bits per heavy atom. The van der Waals surface area contributed by atoms with E-state index in [9.17, 15) is 4.79 Å². The lowest BCUT2D eigenvalue weighted by molar-refractivity contribution is -0.147. The van der Waals surface area contributed by atoms with Gasteiger partial charge < -0.3 is 10.6 Å². The number of rotatable bonds is 1. The normalized spacial score (nSPS) is 34.9. The Bertz CT molecular complexity index is 278. The van der Waals surface area contributed by atoms with Gasteiger partial charge in [-0.25, -0.2) is 0 Å². The monoisotopic (exact) mass is 210 g/mol. The van der Waals surface area contributed by atoms with Gasteiger partial charge in [-0.3, -0.25) is 4.79 Å². The Labute approximate surface area is 92.0 Å². The van der Waals surface area contributed by atoms with Gasteiger partial charge in [-0.05, 0) is 25.2 Å². The van der Waals surface area contributed by atoms with Crippen LogP contribution in [0.25, 0.3) is 0 Å². The molecule has 1 heterocycles. The Kier molecular flexibility index (Phi) is 2.34. The zero-order chi connectivity index (χ0) is 11.3. The molecule has 2 aliphatic rings. The molecule has 0 radical (unpaired) electrons. The van der Waals surface area contributed by atoms with Crippen LogP contribution in [0.1, 0.15) is 40.0 Å². The van der Waals surface area contributed by atoms with Crippen LogP contribution in [0.5, 0.6) is 0 Å². The summed E-state index contributed by atoms with van der Waals surface area (Å²) >= 11 is 0. The van der Waals surface area contributed by atoms with Crippen LogP contribution in [-0.2, 0) is 4.79 Å². The van der Waals surface area contributed by atoms with Crippen molar-refractivity contribution in [3.63, 3.8) is 0 Å². The van der Waals surface area contributed by atoms with Gasteiger partial charge in [0, 0.05) is 18.5 Å². The molecule has 1 saturated heterocycles. The smallest absolute Gasteiger partial charge is 0.228 e. The first-order valence-electron chi connectivity index (χ1n) is 5.94. The highest BCUT2D eigenvalue weighted by atomic mass is 16.2. The number of nitrogens with zero attached hydrogens (tertiary/aromatic N) is 1. The van der Waals surface area contributed by atoms with Crippen molar-refractivity contribution in [1.29, 1.82) is 0 Å². The number of hydrogen-bond acceptors (Lipinski definition) is 2. The molecule has 1 saturated carbocycles. The first-order valence-corrected chi connectivity index (χ1v) is 5.94. The van der Waals surface area contributed by atoms with Gasteiger partial charge in [-0.15, -0.1) is 0 Å². The molecule has 2 unspecified atom stereocenters. The number of carbonyl (C=O) groups is 1. The zero-order valence-electron chi connectivity index (χ0n) is 10.0. The molecule has 3 nitrogen and oxygen atoms in total. The maximum absolute atomic E-state index is 12.3. The SMILES string of the molecule is CC(C)(C)C(=O)N1CCC2CCC21CN. The number of fused-ring (bicyclic) bond motifs is 1. The maximum atomic E-state index is 12.3. The zero-order valence-corrected chi connectivity index (χ0v) is 10.0. The predicted molar refractivity (Wildman–Crippen MR) is 60.3 cm³/mol. The van der Waals surface area contributed by atoms with Crippen molar-refractivity contribution in [2.24, 2.45) is 17.1 Å². The van der Waals surface area contributed by atoms with Crippen molar-refractivity contribution in [1.82, 2.24) is 4.90 Å². The van der Waals surface area contributed by atoms with E-state index in [2.05, 4.69) is 4.90 Å². The van der Waals surface area contributed by atoms with Crippen LogP contribution in [0, 0.1) is 11.3 Å². The lowest BCUT2D eigenvalue weighted by Crippen LogP contribution is -2.62. The second kappa shape index (κ2) is 3.21. The molecule has 1 aliphatic carbocycles. The van der Waals surface area contributed by atoms with E-state index in [1.165, 1.54) is 6.42 Å². The van der Waals surface area contributed by atoms with Gasteiger partial charge in [-0.1, -0.05) is 20.8 Å². The van der Waals surface area contributed by atoms with Gasteiger partial charge in [0.1, 0.15) is 0 Å². The molecule has 0 spiro atoms. The second-order valence-corrected chi connectivity index (χ2v) is 6.04. The molecule has 2 fully saturated rings. The number of hydrogen-bond donors (Lipinski definition) is 1. The minimum atomic E-state index is -0.271. The van der Waals surface area contributed by atoms with Crippen LogP contribution in [0.4, 0.5) is 0 Å². The fraction of sp³-hybridized carbons (Fsp3) is 0.917. The van der Waals surface area contributed by atoms with Gasteiger partial charge >= 0.3 is 0 Å². The summed E-state index contributed by atoms with van der Waals surface area (Å²) in [5.41, 5.74) is 5.65. The highest BCUT2D eigenvalue weighted by molar-refractivity contribution is 5.83. The first-order chi connectivity index (χ1) is 6.92. The molecule has 3 heteroatoms. The van der Waals surface area contributed by atoms with Crippen LogP contribution in [0.2, 0.25) is 0 Å². The van der Waals surface area contributed by atoms with Gasteiger partial charge in [0.25, 0.3) is 0 Å². The molecule has 0 aromatic carbocycles. The summed E-state index contributed by atoms with van der Waals surface area (Å²) in [7, 11) is 0. The van der Waals surface area contributed by atoms with Crippen molar-refractivity contribution in [2.75, 3.05) is 13.1 Å². The summed E-state index contributed by atoms with van der Waals surface area (Å²) in [6, 6.07) is 0. The molecule has 1 amide bonds. The minimum Gasteiger partial charge on any atom is -0.335 e. The average molecular weight is 210 g/mol. The summed E-state index contributed by atoms with van der Waals surface area (Å²) < 4.78 is 0. The van der Waals surface area contributed by atoms with Crippen molar-refractivity contribution >= 4 is 5.91 Å². The molecule has 1 aliphatic heterocycles. The number of nitrogens with two attached hydrogens (primary N) is 1. The molecule has 0 aromatic heterocycles. The van der Waals surface area contributed by atoms with Crippen molar-refractivity contribution in [3.05, 3.63) is 0 Å². The predicted octanol–water partition coefficient (Wildman–Crippen LogP) is 1.37. The summed E-state index contributed by atoms with van der Waals surface area (Å²) in [6.07, 6.45) is 3.51. The van der Waals surface area contributed by atoms with Crippen LogP contribution in [-0.4, -0.2) is 29.4 Å². The molecule has 86 valence electrons. The number of likely N-dealkylation sites (tertiary alicyclic amines) is 1. The molecule has 0 bridgehead atoms. The molecule has 15 heavy (non-hydrogen) atoms. The lowest BCUT2D eigenvalue weighted by Gasteiger charge is -2.50. The highest BCUT2D eigenvalue weighted by Crippen LogP contribution is 2.50. The Balaban J connectivity index is 2.20. The van der Waals surface area contributed by atoms with E-state index in [1.807, 2.05) is 20.8 Å². The quantitative estimate of drug-likeness (QED) is 0.710. The van der Waals surface area contributed by atoms with Crippen molar-refractivity contribution < 1.29 is 4.79 Å². The van der Waals surface area contributed by atoms with E-state index in [0.29, 0.717) is 12.5 Å². The van der Waals surface area contributed by atoms with E-state index in [1.54, 1.807) is 0 Å². The van der Waals surface area contributed by atoms with Crippen LogP contribution in [0.15, 0.2) is 0 Å². The third kappa shape index (κ3) is 1.40. The lowest BCUT2D eigenvalue weighted by atomic mass is 9.67. The third-order valence-corrected chi connectivity index (χ3v) is 4.16. The highest BCUT2D eigenvalue weighted by Gasteiger charge is 2.56. The summed E-state index contributed by atoms with van der Waals surface area (Å²) in [4.78, 5) is 14.4. The molecular weight excluding hydrogens is 188 g/mol. The van der Waals surface area contributed by atoms with E-state index in [-0.39, 0.29) is 16.9 Å². The van der Waals surface area contributed by atoms with E-state index in [4.69, 9.17) is 5.73 Å². The topological polar surface area (TPSA) is 46.3 Å². The summed E-state index contributed by atoms with van der Waals surface area (Å²) in [5, 5.41) is 0. The Morgan fingerprint density at radius 1 is 1.47 bits per heavy atom. The molecule has 2 N–H and O–H groups in total. The van der Waals surface area contributed by atoms with E-state index < -0.39 is 0 Å². The molecular formula is C12H22N2O. The average Bonchev–Trinajstić information content (AvgIpc) is 2.36. The minimum absolute atomic E-state index is 0.0321. The third-order valence-electron chi connectivity index (χ3n) is 4.16. The largest absolute Gasteiger partial charge is 0.335 e. The van der Waals surface area contributed by atoms with Gasteiger partial charge in [0.15, 0.2) is 0 Å². The molecule has 0 aromatic rings. The molecule has 2 atom stereocenters.